The Bertz CT molecular complexity index is 3770. The molecule has 0 bridgehead atoms. The smallest absolute Gasteiger partial charge is 0.238 e. The molecule has 2 aromatic heterocycles. The van der Waals surface area contributed by atoms with Crippen LogP contribution in [0.3, 0.4) is 0 Å². The molecule has 10 aromatic carbocycles. The maximum atomic E-state index is 5.46. The minimum atomic E-state index is -0.136. The lowest BCUT2D eigenvalue weighted by Gasteiger charge is -2.21. The summed E-state index contributed by atoms with van der Waals surface area (Å²) in [6.45, 7) is 4.71. The number of benzene rings is 10. The van der Waals surface area contributed by atoms with Crippen LogP contribution in [0.4, 0.5) is 0 Å². The molecule has 1 aliphatic rings. The Morgan fingerprint density at radius 2 is 0.818 bits per heavy atom. The van der Waals surface area contributed by atoms with Crippen LogP contribution in [0.25, 0.3) is 117 Å². The van der Waals surface area contributed by atoms with Crippen molar-refractivity contribution in [3.05, 3.63) is 230 Å². The van der Waals surface area contributed by atoms with Gasteiger partial charge in [0.05, 0.1) is 11.0 Å². The van der Waals surface area contributed by atoms with Gasteiger partial charge in [0.1, 0.15) is 0 Å². The fourth-order valence-electron chi connectivity index (χ4n) is 10.6. The van der Waals surface area contributed by atoms with Crippen molar-refractivity contribution in [2.45, 2.75) is 19.3 Å². The van der Waals surface area contributed by atoms with Gasteiger partial charge in [0.25, 0.3) is 0 Å². The highest BCUT2D eigenvalue weighted by Crippen LogP contribution is 2.53. The van der Waals surface area contributed by atoms with Gasteiger partial charge in [0, 0.05) is 38.3 Å². The average Bonchev–Trinajstić information content (AvgIpc) is 3.85. The second kappa shape index (κ2) is 14.8. The van der Waals surface area contributed by atoms with Gasteiger partial charge in [0.2, 0.25) is 5.95 Å². The summed E-state index contributed by atoms with van der Waals surface area (Å²) in [6.07, 6.45) is 0. The van der Waals surface area contributed by atoms with E-state index in [9.17, 15) is 0 Å². The van der Waals surface area contributed by atoms with Crippen LogP contribution in [0, 0.1) is 0 Å². The van der Waals surface area contributed by atoms with Crippen molar-refractivity contribution < 1.29 is 0 Å². The molecule has 2 heterocycles. The van der Waals surface area contributed by atoms with Gasteiger partial charge in [-0.2, -0.15) is 9.97 Å². The number of aromatic nitrogens is 4. The minimum Gasteiger partial charge on any atom is -0.277 e. The summed E-state index contributed by atoms with van der Waals surface area (Å²) < 4.78 is 2.31. The standard InChI is InChI=1S/C62H42N4/c1-62(2)54-36-34-47(38-53(54)56-48-20-11-9-18-43(48)33-37-55(56)62)50-22-13-23-51-52-35-32-44-19-10-12-21-49(44)57(52)66(58(50)51)61-64-59(45-28-24-41(25-29-45)39-14-5-3-6-15-39)63-60(65-61)46-30-26-42(27-31-46)40-16-7-4-8-17-40/h3-38H,1-2H3. The summed E-state index contributed by atoms with van der Waals surface area (Å²) in [7, 11) is 0. The topological polar surface area (TPSA) is 43.6 Å². The number of hydrogen-bond acceptors (Lipinski definition) is 3. The third kappa shape index (κ3) is 5.95. The van der Waals surface area contributed by atoms with E-state index in [-0.39, 0.29) is 5.41 Å². The van der Waals surface area contributed by atoms with Gasteiger partial charge in [-0.3, -0.25) is 4.57 Å². The van der Waals surface area contributed by atoms with Crippen LogP contribution in [0.2, 0.25) is 0 Å². The molecule has 13 rings (SSSR count). The van der Waals surface area contributed by atoms with Crippen molar-refractivity contribution in [1.82, 2.24) is 19.5 Å². The normalized spacial score (nSPS) is 12.8. The first-order chi connectivity index (χ1) is 32.5. The molecule has 4 heteroatoms. The van der Waals surface area contributed by atoms with Gasteiger partial charge in [-0.15, -0.1) is 0 Å². The molecule has 0 saturated heterocycles. The van der Waals surface area contributed by atoms with Gasteiger partial charge >= 0.3 is 0 Å². The van der Waals surface area contributed by atoms with E-state index in [2.05, 4.69) is 225 Å². The summed E-state index contributed by atoms with van der Waals surface area (Å²) in [4.78, 5) is 16.2. The fourth-order valence-corrected chi connectivity index (χ4v) is 10.6. The van der Waals surface area contributed by atoms with Gasteiger partial charge < -0.3 is 0 Å². The molecule has 0 aliphatic heterocycles. The third-order valence-corrected chi connectivity index (χ3v) is 13.9. The van der Waals surface area contributed by atoms with Crippen molar-refractivity contribution >= 4 is 43.4 Å². The lowest BCUT2D eigenvalue weighted by molar-refractivity contribution is 0.661. The van der Waals surface area contributed by atoms with Crippen LogP contribution in [-0.4, -0.2) is 19.5 Å². The first-order valence-electron chi connectivity index (χ1n) is 22.7. The van der Waals surface area contributed by atoms with Gasteiger partial charge in [-0.05, 0) is 72.3 Å². The largest absolute Gasteiger partial charge is 0.277 e. The van der Waals surface area contributed by atoms with E-state index in [1.54, 1.807) is 0 Å². The van der Waals surface area contributed by atoms with Crippen LogP contribution < -0.4 is 0 Å². The van der Waals surface area contributed by atoms with E-state index in [0.717, 1.165) is 77.1 Å². The molecule has 0 saturated carbocycles. The Kier molecular flexibility index (Phi) is 8.53. The highest BCUT2D eigenvalue weighted by atomic mass is 15.2. The fraction of sp³-hybridized carbons (Fsp3) is 0.0484. The Morgan fingerprint density at radius 1 is 0.333 bits per heavy atom. The van der Waals surface area contributed by atoms with Gasteiger partial charge in [-0.1, -0.05) is 226 Å². The zero-order valence-electron chi connectivity index (χ0n) is 36.6. The Morgan fingerprint density at radius 3 is 1.47 bits per heavy atom. The second-order valence-electron chi connectivity index (χ2n) is 18.0. The highest BCUT2D eigenvalue weighted by molar-refractivity contribution is 6.21. The maximum Gasteiger partial charge on any atom is 0.238 e. The van der Waals surface area contributed by atoms with Crippen LogP contribution in [0.5, 0.6) is 0 Å². The lowest BCUT2D eigenvalue weighted by atomic mass is 9.82. The molecular weight excluding hydrogens is 801 g/mol. The van der Waals surface area contributed by atoms with Crippen molar-refractivity contribution in [2.75, 3.05) is 0 Å². The van der Waals surface area contributed by atoms with E-state index < -0.39 is 0 Å². The molecule has 310 valence electrons. The Hall–Kier alpha value is -8.47. The average molecular weight is 843 g/mol. The number of hydrogen-bond donors (Lipinski definition) is 0. The molecule has 0 unspecified atom stereocenters. The van der Waals surface area contributed by atoms with Crippen LogP contribution in [-0.2, 0) is 5.41 Å². The van der Waals surface area contributed by atoms with Crippen molar-refractivity contribution in [1.29, 1.82) is 0 Å². The maximum absolute atomic E-state index is 5.46. The molecule has 0 fully saturated rings. The zero-order chi connectivity index (χ0) is 43.9. The van der Waals surface area contributed by atoms with E-state index >= 15 is 0 Å². The van der Waals surface area contributed by atoms with Crippen molar-refractivity contribution in [3.8, 4) is 73.2 Å². The molecule has 66 heavy (non-hydrogen) atoms. The molecule has 0 spiro atoms. The zero-order valence-corrected chi connectivity index (χ0v) is 36.6. The van der Waals surface area contributed by atoms with Crippen LogP contribution in [0.15, 0.2) is 218 Å². The lowest BCUT2D eigenvalue weighted by Crippen LogP contribution is -2.14. The Labute approximate surface area is 383 Å². The van der Waals surface area contributed by atoms with Gasteiger partial charge in [0.15, 0.2) is 11.6 Å². The number of fused-ring (bicyclic) bond motifs is 10. The SMILES string of the molecule is CC1(C)c2ccc(-c3cccc4c5ccc6ccccc6c5n(-c5nc(-c6ccc(-c7ccccc7)cc6)nc(-c6ccc(-c7ccccc7)cc6)n5)c34)cc2-c2c1ccc1ccccc21. The van der Waals surface area contributed by atoms with E-state index in [4.69, 9.17) is 15.0 Å². The minimum absolute atomic E-state index is 0.136. The molecule has 1 aliphatic carbocycles. The number of nitrogens with zero attached hydrogens (tertiary/aromatic N) is 4. The summed E-state index contributed by atoms with van der Waals surface area (Å²) in [5.41, 5.74) is 16.0. The van der Waals surface area contributed by atoms with E-state index in [1.807, 2.05) is 12.1 Å². The Balaban J connectivity index is 1.08. The van der Waals surface area contributed by atoms with Crippen LogP contribution in [0.1, 0.15) is 25.0 Å². The number of rotatable bonds is 6. The second-order valence-corrected chi connectivity index (χ2v) is 18.0. The summed E-state index contributed by atoms with van der Waals surface area (Å²) >= 11 is 0. The summed E-state index contributed by atoms with van der Waals surface area (Å²) in [5, 5.41) is 7.12. The molecule has 0 radical (unpaired) electrons. The predicted octanol–water partition coefficient (Wildman–Crippen LogP) is 15.9. The quantitative estimate of drug-likeness (QED) is 0.167. The molecule has 0 atom stereocenters. The van der Waals surface area contributed by atoms with Crippen LogP contribution >= 0.6 is 0 Å². The van der Waals surface area contributed by atoms with Crippen molar-refractivity contribution in [3.63, 3.8) is 0 Å². The monoisotopic (exact) mass is 842 g/mol. The van der Waals surface area contributed by atoms with E-state index in [1.165, 1.54) is 33.0 Å². The molecular formula is C62H42N4. The molecule has 12 aromatic rings. The molecule has 4 nitrogen and oxygen atoms in total. The first kappa shape index (κ1) is 38.0. The molecule has 0 N–H and O–H groups in total. The summed E-state index contributed by atoms with van der Waals surface area (Å²) in [5.74, 6) is 1.78. The summed E-state index contributed by atoms with van der Waals surface area (Å²) in [6, 6.07) is 78.5. The number of para-hydroxylation sites is 1. The molecule has 0 amide bonds. The van der Waals surface area contributed by atoms with E-state index in [0.29, 0.717) is 17.6 Å². The van der Waals surface area contributed by atoms with Crippen molar-refractivity contribution in [2.24, 2.45) is 0 Å². The predicted molar refractivity (Wildman–Crippen MR) is 274 cm³/mol. The first-order valence-corrected chi connectivity index (χ1v) is 22.7. The highest BCUT2D eigenvalue weighted by Gasteiger charge is 2.36. The van der Waals surface area contributed by atoms with Gasteiger partial charge in [-0.25, -0.2) is 4.98 Å². The third-order valence-electron chi connectivity index (χ3n) is 13.9.